The second-order valence-corrected chi connectivity index (χ2v) is 9.04. The van der Waals surface area contributed by atoms with Gasteiger partial charge in [-0.05, 0) is 37.3 Å². The second kappa shape index (κ2) is 10.4. The van der Waals surface area contributed by atoms with Crippen LogP contribution in [0.15, 0.2) is 47.4 Å². The van der Waals surface area contributed by atoms with Crippen LogP contribution in [0.3, 0.4) is 0 Å². The van der Waals surface area contributed by atoms with E-state index in [0.29, 0.717) is 13.2 Å². The molecule has 0 bridgehead atoms. The molecule has 0 saturated carbocycles. The van der Waals surface area contributed by atoms with Crippen molar-refractivity contribution in [1.29, 1.82) is 0 Å². The van der Waals surface area contributed by atoms with Gasteiger partial charge in [0.25, 0.3) is 11.8 Å². The van der Waals surface area contributed by atoms with Crippen LogP contribution in [0, 0.1) is 6.92 Å². The van der Waals surface area contributed by atoms with Crippen LogP contribution in [0.1, 0.15) is 15.9 Å². The third-order valence-corrected chi connectivity index (χ3v) is 6.74. The molecule has 2 aromatic carbocycles. The Bertz CT molecular complexity index is 1070. The lowest BCUT2D eigenvalue weighted by molar-refractivity contribution is -0.120. The highest BCUT2D eigenvalue weighted by atomic mass is 32.2. The highest BCUT2D eigenvalue weighted by molar-refractivity contribution is 7.89. The van der Waals surface area contributed by atoms with Crippen LogP contribution >= 0.6 is 0 Å². The second-order valence-electron chi connectivity index (χ2n) is 7.10. The number of sulfonamides is 1. The van der Waals surface area contributed by atoms with E-state index in [4.69, 9.17) is 9.47 Å². The van der Waals surface area contributed by atoms with Gasteiger partial charge in [0.2, 0.25) is 10.0 Å². The summed E-state index contributed by atoms with van der Waals surface area (Å²) in [5, 5.41) is 2.94. The summed E-state index contributed by atoms with van der Waals surface area (Å²) in [6.45, 7) is 2.99. The Balaban J connectivity index is 1.65. The molecule has 1 aliphatic rings. The van der Waals surface area contributed by atoms with Gasteiger partial charge in [-0.3, -0.25) is 20.4 Å². The van der Waals surface area contributed by atoms with Crippen molar-refractivity contribution in [2.24, 2.45) is 0 Å². The van der Waals surface area contributed by atoms with Gasteiger partial charge < -0.3 is 14.8 Å². The topological polar surface area (TPSA) is 126 Å². The van der Waals surface area contributed by atoms with E-state index >= 15 is 0 Å². The summed E-state index contributed by atoms with van der Waals surface area (Å²) in [5.41, 5.74) is 6.43. The highest BCUT2D eigenvalue weighted by Crippen LogP contribution is 2.25. The van der Waals surface area contributed by atoms with E-state index in [1.54, 1.807) is 0 Å². The fourth-order valence-electron chi connectivity index (χ4n) is 3.05. The van der Waals surface area contributed by atoms with Gasteiger partial charge in [-0.25, -0.2) is 8.42 Å². The van der Waals surface area contributed by atoms with Gasteiger partial charge in [0, 0.05) is 18.8 Å². The third-order valence-electron chi connectivity index (χ3n) is 4.84. The van der Waals surface area contributed by atoms with Crippen molar-refractivity contribution in [3.05, 3.63) is 53.6 Å². The Morgan fingerprint density at radius 3 is 2.41 bits per heavy atom. The molecule has 3 N–H and O–H groups in total. The molecule has 172 valence electrons. The number of carbonyl (C=O) groups is 2. The van der Waals surface area contributed by atoms with Crippen molar-refractivity contribution in [2.45, 2.75) is 11.8 Å². The van der Waals surface area contributed by atoms with Gasteiger partial charge in [0.15, 0.2) is 0 Å². The largest absolute Gasteiger partial charge is 0.496 e. The average molecular weight is 463 g/mol. The molecular weight excluding hydrogens is 436 g/mol. The van der Waals surface area contributed by atoms with E-state index < -0.39 is 21.8 Å². The lowest BCUT2D eigenvalue weighted by Crippen LogP contribution is -2.44. The number of hydrogen-bond donors (Lipinski definition) is 3. The quantitative estimate of drug-likeness (QED) is 0.522. The van der Waals surface area contributed by atoms with Gasteiger partial charge in [0.05, 0.1) is 37.3 Å². The van der Waals surface area contributed by atoms with Crippen LogP contribution < -0.4 is 20.9 Å². The first-order valence-electron chi connectivity index (χ1n) is 9.97. The number of anilines is 1. The molecular formula is C21H26N4O6S. The summed E-state index contributed by atoms with van der Waals surface area (Å²) >= 11 is 0. The van der Waals surface area contributed by atoms with Crippen molar-refractivity contribution >= 4 is 27.5 Å². The predicted molar refractivity (Wildman–Crippen MR) is 118 cm³/mol. The van der Waals surface area contributed by atoms with E-state index in [2.05, 4.69) is 16.2 Å². The fourth-order valence-corrected chi connectivity index (χ4v) is 4.49. The van der Waals surface area contributed by atoms with Crippen molar-refractivity contribution in [2.75, 3.05) is 45.3 Å². The summed E-state index contributed by atoms with van der Waals surface area (Å²) in [7, 11) is -2.43. The maximum atomic E-state index is 12.9. The van der Waals surface area contributed by atoms with Gasteiger partial charge in [0.1, 0.15) is 5.75 Å². The van der Waals surface area contributed by atoms with Crippen molar-refractivity contribution < 1.29 is 27.5 Å². The Morgan fingerprint density at radius 1 is 1.06 bits per heavy atom. The molecule has 0 unspecified atom stereocenters. The Hall–Kier alpha value is -3.15. The smallest absolute Gasteiger partial charge is 0.273 e. The molecule has 1 heterocycles. The van der Waals surface area contributed by atoms with E-state index in [0.717, 1.165) is 11.3 Å². The number of ether oxygens (including phenoxy) is 2. The molecule has 11 heteroatoms. The van der Waals surface area contributed by atoms with Gasteiger partial charge >= 0.3 is 0 Å². The van der Waals surface area contributed by atoms with Gasteiger partial charge in [-0.2, -0.15) is 4.31 Å². The minimum absolute atomic E-state index is 0.0198. The molecule has 10 nitrogen and oxygen atoms in total. The van der Waals surface area contributed by atoms with E-state index in [1.165, 1.54) is 29.6 Å². The molecule has 3 rings (SSSR count). The molecule has 0 aromatic heterocycles. The molecule has 0 spiro atoms. The fraction of sp³-hybridized carbons (Fsp3) is 0.333. The molecule has 0 atom stereocenters. The molecule has 1 fully saturated rings. The molecule has 1 aliphatic heterocycles. The monoisotopic (exact) mass is 462 g/mol. The summed E-state index contributed by atoms with van der Waals surface area (Å²) in [5.74, 6) is -1.00. The third kappa shape index (κ3) is 5.75. The van der Waals surface area contributed by atoms with Crippen LogP contribution in [0.5, 0.6) is 5.75 Å². The SMILES string of the molecule is COc1ccc(S(=O)(=O)N2CCOCC2)cc1C(=O)NNC(=O)CNc1ccc(C)cc1. The highest BCUT2D eigenvalue weighted by Gasteiger charge is 2.28. The normalized spacial score (nSPS) is 14.4. The summed E-state index contributed by atoms with van der Waals surface area (Å²) in [6, 6.07) is 11.5. The summed E-state index contributed by atoms with van der Waals surface area (Å²) in [4.78, 5) is 24.7. The van der Waals surface area contributed by atoms with E-state index in [1.807, 2.05) is 31.2 Å². The zero-order chi connectivity index (χ0) is 23.1. The molecule has 2 aromatic rings. The van der Waals surface area contributed by atoms with Crippen LogP contribution in [0.25, 0.3) is 0 Å². The van der Waals surface area contributed by atoms with Crippen LogP contribution in [-0.4, -0.2) is 64.5 Å². The number of aryl methyl sites for hydroxylation is 1. The minimum atomic E-state index is -3.80. The number of methoxy groups -OCH3 is 1. The first-order chi connectivity index (χ1) is 15.3. The van der Waals surface area contributed by atoms with Crippen molar-refractivity contribution in [3.8, 4) is 5.75 Å². The van der Waals surface area contributed by atoms with Gasteiger partial charge in [-0.15, -0.1) is 0 Å². The Kier molecular flexibility index (Phi) is 7.67. The first kappa shape index (κ1) is 23.5. The van der Waals surface area contributed by atoms with Crippen LogP contribution in [-0.2, 0) is 19.6 Å². The Labute approximate surface area is 186 Å². The number of nitrogens with one attached hydrogen (secondary N) is 3. The summed E-state index contributed by atoms with van der Waals surface area (Å²) < 4.78 is 37.5. The number of morpholine rings is 1. The molecule has 1 saturated heterocycles. The number of nitrogens with zero attached hydrogens (tertiary/aromatic N) is 1. The number of rotatable bonds is 7. The molecule has 32 heavy (non-hydrogen) atoms. The number of amides is 2. The molecule has 0 aliphatic carbocycles. The molecule has 2 amide bonds. The first-order valence-corrected chi connectivity index (χ1v) is 11.4. The van der Waals surface area contributed by atoms with Crippen LogP contribution in [0.2, 0.25) is 0 Å². The summed E-state index contributed by atoms with van der Waals surface area (Å²) in [6.07, 6.45) is 0. The molecule has 0 radical (unpaired) electrons. The number of hydrazine groups is 1. The van der Waals surface area contributed by atoms with Gasteiger partial charge in [-0.1, -0.05) is 17.7 Å². The maximum absolute atomic E-state index is 12.9. The minimum Gasteiger partial charge on any atom is -0.496 e. The standard InChI is InChI=1S/C21H26N4O6S/c1-15-3-5-16(6-4-15)22-14-20(26)23-24-21(27)18-13-17(7-8-19(18)30-2)32(28,29)25-9-11-31-12-10-25/h3-8,13,22H,9-12,14H2,1-2H3,(H,23,26)(H,24,27). The number of hydrogen-bond acceptors (Lipinski definition) is 7. The maximum Gasteiger partial charge on any atom is 0.273 e. The van der Waals surface area contributed by atoms with E-state index in [9.17, 15) is 18.0 Å². The number of benzene rings is 2. The van der Waals surface area contributed by atoms with Crippen molar-refractivity contribution in [1.82, 2.24) is 15.2 Å². The van der Waals surface area contributed by atoms with Crippen molar-refractivity contribution in [3.63, 3.8) is 0 Å². The lowest BCUT2D eigenvalue weighted by atomic mass is 10.2. The number of carbonyl (C=O) groups excluding carboxylic acids is 2. The van der Waals surface area contributed by atoms with E-state index in [-0.39, 0.29) is 35.8 Å². The predicted octanol–water partition coefficient (Wildman–Crippen LogP) is 0.898. The zero-order valence-electron chi connectivity index (χ0n) is 17.9. The lowest BCUT2D eigenvalue weighted by Gasteiger charge is -2.26. The average Bonchev–Trinajstić information content (AvgIpc) is 2.82. The van der Waals surface area contributed by atoms with Crippen LogP contribution in [0.4, 0.5) is 5.69 Å². The zero-order valence-corrected chi connectivity index (χ0v) is 18.7. The Morgan fingerprint density at radius 2 is 1.75 bits per heavy atom.